The topological polar surface area (TPSA) is 237 Å². The largest absolute Gasteiger partial charge is 0.573 e. The van der Waals surface area contributed by atoms with E-state index < -0.39 is 51.0 Å². The summed E-state index contributed by atoms with van der Waals surface area (Å²) in [5.74, 6) is 0.0269. The Morgan fingerprint density at radius 3 is 1.75 bits per heavy atom. The first-order chi connectivity index (χ1) is 30.2. The number of nitro groups is 2. The molecule has 6 rings (SSSR count). The second-order valence-electron chi connectivity index (χ2n) is 14.2. The van der Waals surface area contributed by atoms with Gasteiger partial charge in [0.15, 0.2) is 0 Å². The van der Waals surface area contributed by atoms with Crippen molar-refractivity contribution in [1.29, 1.82) is 0 Å². The predicted octanol–water partition coefficient (Wildman–Crippen LogP) is 7.13. The van der Waals surface area contributed by atoms with E-state index in [9.17, 15) is 52.0 Å². The summed E-state index contributed by atoms with van der Waals surface area (Å²) >= 11 is 11.6. The number of aromatic nitrogens is 4. The lowest BCUT2D eigenvalue weighted by molar-refractivity contribution is -0.389. The molecule has 0 amide bonds. The summed E-state index contributed by atoms with van der Waals surface area (Å²) in [5.41, 5.74) is 1.91. The van der Waals surface area contributed by atoms with Gasteiger partial charge in [-0.2, -0.15) is 8.42 Å². The number of hydrogen-bond acceptors (Lipinski definition) is 15. The van der Waals surface area contributed by atoms with E-state index in [1.165, 1.54) is 51.7 Å². The van der Waals surface area contributed by atoms with Gasteiger partial charge in [0, 0.05) is 44.7 Å². The minimum atomic E-state index is -4.73. The van der Waals surface area contributed by atoms with Crippen LogP contribution in [-0.4, -0.2) is 98.6 Å². The normalized spacial score (nSPS) is 14.3. The summed E-state index contributed by atoms with van der Waals surface area (Å²) in [5, 5.41) is 41.4. The summed E-state index contributed by atoms with van der Waals surface area (Å²) in [6, 6.07) is 19.0. The maximum Gasteiger partial charge on any atom is 0.573 e. The Morgan fingerprint density at radius 1 is 0.781 bits per heavy atom. The van der Waals surface area contributed by atoms with Crippen LogP contribution in [0.4, 0.5) is 30.5 Å². The Bertz CT molecular complexity index is 2420. The van der Waals surface area contributed by atoms with Crippen LogP contribution in [-0.2, 0) is 27.4 Å². The van der Waals surface area contributed by atoms with Gasteiger partial charge in [0.1, 0.15) is 42.4 Å². The van der Waals surface area contributed by atoms with Crippen LogP contribution in [0.3, 0.4) is 0 Å². The fraction of sp³-hybridized carbons (Fsp3) is 0.385. The summed E-state index contributed by atoms with van der Waals surface area (Å²) < 4.78 is 83.9. The van der Waals surface area contributed by atoms with Crippen molar-refractivity contribution in [2.75, 3.05) is 31.2 Å². The van der Waals surface area contributed by atoms with Crippen molar-refractivity contribution in [3.05, 3.63) is 122 Å². The van der Waals surface area contributed by atoms with Gasteiger partial charge >= 0.3 is 28.6 Å². The van der Waals surface area contributed by atoms with E-state index in [-0.39, 0.29) is 65.7 Å². The quantitative estimate of drug-likeness (QED) is 0.0476. The predicted molar refractivity (Wildman–Crippen MR) is 224 cm³/mol. The number of aryl methyl sites for hydroxylation is 3. The molecule has 1 saturated heterocycles. The number of aliphatic hydroxyl groups excluding tert-OH is 2. The van der Waals surface area contributed by atoms with E-state index in [2.05, 4.69) is 19.6 Å². The smallest absolute Gasteiger partial charge is 0.491 e. The van der Waals surface area contributed by atoms with Gasteiger partial charge in [0.05, 0.1) is 23.7 Å². The highest BCUT2D eigenvalue weighted by Crippen LogP contribution is 2.28. The zero-order valence-corrected chi connectivity index (χ0v) is 36.1. The number of benzene rings is 3. The number of rotatable bonds is 19. The molecule has 64 heavy (non-hydrogen) atoms. The third-order valence-electron chi connectivity index (χ3n) is 9.38. The standard InChI is InChI=1S/C25H26ClF3N4O6.C14H16ClN3O6S/c26-24-30-23(33(35)36)15-32(24)12-9-18(34)16-37-19-3-1-17(2-4-19)31-13-10-21(11-14-31)38-20-5-7-22(8-6-20)39-25(27,28)29;1-10-2-4-12(5-3-10)25(22,23)24-9-11(19)6-7-17-8-13(18(20)21)16-14(17)15/h1-8,15,18,21,34H,9-14,16H2;2-5,8,11,19H,6-7,9H2,1H3. The Morgan fingerprint density at radius 2 is 1.27 bits per heavy atom. The van der Waals surface area contributed by atoms with Gasteiger partial charge in [0.2, 0.25) is 0 Å². The minimum absolute atomic E-state index is 0.00132. The molecular formula is C39H42Cl2F3N7O12S. The van der Waals surface area contributed by atoms with Crippen LogP contribution in [0.5, 0.6) is 17.2 Å². The molecule has 2 atom stereocenters. The van der Waals surface area contributed by atoms with Crippen LogP contribution in [0.25, 0.3) is 0 Å². The molecule has 2 aromatic heterocycles. The summed E-state index contributed by atoms with van der Waals surface area (Å²) in [7, 11) is -3.96. The van der Waals surface area contributed by atoms with Crippen LogP contribution in [0.15, 0.2) is 90.1 Å². The molecule has 3 aromatic carbocycles. The average molecular weight is 961 g/mol. The van der Waals surface area contributed by atoms with Crippen molar-refractivity contribution in [3.63, 3.8) is 0 Å². The van der Waals surface area contributed by atoms with E-state index in [1.54, 1.807) is 12.1 Å². The third-order valence-corrected chi connectivity index (χ3v) is 11.3. The molecule has 346 valence electrons. The highest BCUT2D eigenvalue weighted by Gasteiger charge is 2.31. The van der Waals surface area contributed by atoms with Gasteiger partial charge in [-0.3, -0.25) is 13.3 Å². The number of anilines is 1. The zero-order chi connectivity index (χ0) is 46.6. The van der Waals surface area contributed by atoms with Gasteiger partial charge in [-0.1, -0.05) is 17.7 Å². The van der Waals surface area contributed by atoms with E-state index >= 15 is 0 Å². The molecule has 0 bridgehead atoms. The van der Waals surface area contributed by atoms with Gasteiger partial charge in [-0.25, -0.2) is 0 Å². The molecule has 19 nitrogen and oxygen atoms in total. The van der Waals surface area contributed by atoms with Crippen LogP contribution in [0, 0.1) is 27.2 Å². The molecule has 1 aliphatic heterocycles. The molecule has 0 aliphatic carbocycles. The Kier molecular flexibility index (Phi) is 17.1. The third kappa shape index (κ3) is 15.2. The number of aliphatic hydroxyl groups is 2. The molecule has 0 spiro atoms. The number of hydrogen-bond donors (Lipinski definition) is 2. The SMILES string of the molecule is Cc1ccc(S(=O)(=O)OCC(O)CCn2cc([N+](=O)[O-])nc2Cl)cc1.O=[N+]([O-])c1cn(CCC(O)COc2ccc(N3CCC(Oc4ccc(OC(F)(F)F)cc4)CC3)cc2)c(Cl)n1. The van der Waals surface area contributed by atoms with Crippen molar-refractivity contribution >= 4 is 50.6 Å². The fourth-order valence-electron chi connectivity index (χ4n) is 6.02. The van der Waals surface area contributed by atoms with Crippen molar-refractivity contribution in [2.45, 2.75) is 75.3 Å². The molecule has 3 heterocycles. The van der Waals surface area contributed by atoms with Gasteiger partial charge < -0.3 is 49.6 Å². The van der Waals surface area contributed by atoms with Crippen molar-refractivity contribution < 1.29 is 60.0 Å². The summed E-state index contributed by atoms with van der Waals surface area (Å²) in [4.78, 5) is 29.4. The lowest BCUT2D eigenvalue weighted by atomic mass is 10.1. The van der Waals surface area contributed by atoms with Crippen molar-refractivity contribution in [2.24, 2.45) is 0 Å². The van der Waals surface area contributed by atoms with Gasteiger partial charge in [-0.15, -0.1) is 13.2 Å². The molecule has 0 radical (unpaired) electrons. The van der Waals surface area contributed by atoms with Crippen molar-refractivity contribution in [1.82, 2.24) is 19.1 Å². The number of ether oxygens (including phenoxy) is 3. The molecule has 5 aromatic rings. The van der Waals surface area contributed by atoms with Crippen LogP contribution < -0.4 is 19.1 Å². The Labute approximate surface area is 373 Å². The molecule has 2 N–H and O–H groups in total. The monoisotopic (exact) mass is 959 g/mol. The second-order valence-corrected chi connectivity index (χ2v) is 16.5. The number of nitrogens with zero attached hydrogens (tertiary/aromatic N) is 7. The molecule has 0 saturated carbocycles. The van der Waals surface area contributed by atoms with Crippen LogP contribution >= 0.6 is 23.2 Å². The van der Waals surface area contributed by atoms with E-state index in [0.29, 0.717) is 11.5 Å². The number of halogens is 5. The second kappa shape index (κ2) is 22.3. The highest BCUT2D eigenvalue weighted by atomic mass is 35.5. The maximum atomic E-state index is 12.3. The first-order valence-corrected chi connectivity index (χ1v) is 21.5. The summed E-state index contributed by atoms with van der Waals surface area (Å²) in [6.45, 7) is 3.29. The first kappa shape index (κ1) is 49.3. The van der Waals surface area contributed by atoms with Gasteiger partial charge in [0.25, 0.3) is 10.1 Å². The fourth-order valence-corrected chi connectivity index (χ4v) is 7.41. The first-order valence-electron chi connectivity index (χ1n) is 19.3. The maximum absolute atomic E-state index is 12.3. The molecule has 1 fully saturated rings. The van der Waals surface area contributed by atoms with Gasteiger partial charge in [-0.05, 0) is 123 Å². The van der Waals surface area contributed by atoms with Crippen molar-refractivity contribution in [3.8, 4) is 17.2 Å². The Hall–Kier alpha value is -5.72. The molecule has 1 aliphatic rings. The minimum Gasteiger partial charge on any atom is -0.491 e. The number of piperidine rings is 1. The van der Waals surface area contributed by atoms with Crippen LogP contribution in [0.2, 0.25) is 10.6 Å². The molecular weight excluding hydrogens is 918 g/mol. The highest BCUT2D eigenvalue weighted by molar-refractivity contribution is 7.86. The zero-order valence-electron chi connectivity index (χ0n) is 33.8. The summed E-state index contributed by atoms with van der Waals surface area (Å²) in [6.07, 6.45) is -2.49. The lowest BCUT2D eigenvalue weighted by Gasteiger charge is -2.33. The van der Waals surface area contributed by atoms with E-state index in [0.717, 1.165) is 43.4 Å². The van der Waals surface area contributed by atoms with Crippen LogP contribution in [0.1, 0.15) is 31.2 Å². The van der Waals surface area contributed by atoms with E-state index in [4.69, 9.17) is 36.9 Å². The molecule has 25 heteroatoms. The molecule has 2 unspecified atom stereocenters. The number of alkyl halides is 3. The van der Waals surface area contributed by atoms with E-state index in [1.807, 2.05) is 31.2 Å². The number of imidazole rings is 2. The Balaban J connectivity index is 0.000000266. The lowest BCUT2D eigenvalue weighted by Crippen LogP contribution is -2.38. The average Bonchev–Trinajstić information content (AvgIpc) is 3.83.